The van der Waals surface area contributed by atoms with Crippen LogP contribution in [0.4, 0.5) is 5.69 Å². The Morgan fingerprint density at radius 2 is 1.94 bits per heavy atom. The van der Waals surface area contributed by atoms with Crippen LogP contribution >= 0.6 is 12.2 Å². The number of nitrogens with zero attached hydrogens (tertiary/aromatic N) is 3. The zero-order valence-electron chi connectivity index (χ0n) is 8.20. The van der Waals surface area contributed by atoms with E-state index in [1.165, 1.54) is 11.3 Å². The molecule has 0 atom stereocenters. The summed E-state index contributed by atoms with van der Waals surface area (Å²) in [5, 5.41) is 7.99. The summed E-state index contributed by atoms with van der Waals surface area (Å²) < 4.78 is 0. The molecule has 1 aromatic carbocycles. The zero-order valence-corrected chi connectivity index (χ0v) is 9.02. The van der Waals surface area contributed by atoms with E-state index in [2.05, 4.69) is 27.4 Å². The fourth-order valence-electron chi connectivity index (χ4n) is 0.798. The van der Waals surface area contributed by atoms with Crippen molar-refractivity contribution in [3.8, 4) is 0 Å². The normalized spacial score (nSPS) is 12.2. The van der Waals surface area contributed by atoms with Crippen LogP contribution in [0, 0.1) is 0 Å². The van der Waals surface area contributed by atoms with Gasteiger partial charge in [0.15, 0.2) is 11.8 Å². The number of azo groups is 1. The monoisotopic (exact) mass is 232 g/mol. The minimum Gasteiger partial charge on any atom is -0.399 e. The van der Waals surface area contributed by atoms with Crippen molar-refractivity contribution in [3.05, 3.63) is 36.2 Å². The summed E-state index contributed by atoms with van der Waals surface area (Å²) in [7, 11) is 0. The quantitative estimate of drug-likeness (QED) is 0.455. The molecule has 5 nitrogen and oxygen atoms in total. The molecule has 0 aromatic heterocycles. The van der Waals surface area contributed by atoms with Crippen molar-refractivity contribution in [3.63, 3.8) is 0 Å². The van der Waals surface area contributed by atoms with E-state index in [0.717, 1.165) is 5.69 Å². The van der Waals surface area contributed by atoms with E-state index in [4.69, 9.17) is 5.73 Å². The highest BCUT2D eigenvalue weighted by Crippen LogP contribution is 2.03. The molecule has 0 aliphatic carbocycles. The highest BCUT2D eigenvalue weighted by Gasteiger charge is 2.03. The number of hydrogen-bond acceptors (Lipinski definition) is 6. The molecule has 1 aromatic rings. The number of nitrogens with two attached hydrogens (primary N) is 1. The largest absolute Gasteiger partial charge is 0.399 e. The Balaban J connectivity index is 0.000000165. The number of aliphatic imine (C=N–C) groups is 1. The predicted molar refractivity (Wildman–Crippen MR) is 66.0 cm³/mol. The van der Waals surface area contributed by atoms with Crippen LogP contribution in [0.25, 0.3) is 0 Å². The van der Waals surface area contributed by atoms with Crippen molar-refractivity contribution in [1.29, 1.82) is 0 Å². The summed E-state index contributed by atoms with van der Waals surface area (Å²) >= 11 is 4.46. The van der Waals surface area contributed by atoms with Crippen LogP contribution in [0.15, 0.2) is 51.4 Å². The molecule has 2 rings (SSSR count). The van der Waals surface area contributed by atoms with E-state index in [9.17, 15) is 4.79 Å². The van der Waals surface area contributed by atoms with Crippen LogP contribution in [-0.4, -0.2) is 17.1 Å². The van der Waals surface area contributed by atoms with Crippen LogP contribution < -0.4 is 5.73 Å². The molecule has 0 bridgehead atoms. The lowest BCUT2D eigenvalue weighted by Crippen LogP contribution is -1.85. The Hall–Kier alpha value is -2.17. The molecule has 0 unspecified atom stereocenters. The Bertz CT molecular complexity index is 475. The summed E-state index contributed by atoms with van der Waals surface area (Å²) in [4.78, 5) is 13.3. The summed E-state index contributed by atoms with van der Waals surface area (Å²) in [6.07, 6.45) is 0. The van der Waals surface area contributed by atoms with Gasteiger partial charge in [-0.2, -0.15) is 4.99 Å². The van der Waals surface area contributed by atoms with Crippen LogP contribution in [0.2, 0.25) is 0 Å². The van der Waals surface area contributed by atoms with Crippen molar-refractivity contribution in [2.24, 2.45) is 15.2 Å². The first-order valence-electron chi connectivity index (χ1n) is 4.27. The van der Waals surface area contributed by atoms with Gasteiger partial charge in [-0.1, -0.05) is 30.4 Å². The van der Waals surface area contributed by atoms with Gasteiger partial charge in [-0.15, -0.1) is 10.2 Å². The molecule has 1 heterocycles. The molecule has 6 heteroatoms. The maximum atomic E-state index is 9.80. The van der Waals surface area contributed by atoms with Crippen LogP contribution in [0.3, 0.4) is 0 Å². The molecular weight excluding hydrogens is 224 g/mol. The van der Waals surface area contributed by atoms with Gasteiger partial charge in [-0.25, -0.2) is 4.79 Å². The molecule has 80 valence electrons. The van der Waals surface area contributed by atoms with Gasteiger partial charge in [0.2, 0.25) is 0 Å². The van der Waals surface area contributed by atoms with Gasteiger partial charge in [0.05, 0.1) is 0 Å². The lowest BCUT2D eigenvalue weighted by molar-refractivity contribution is 0.566. The average molecular weight is 232 g/mol. The summed E-state index contributed by atoms with van der Waals surface area (Å²) in [6.45, 7) is 0. The summed E-state index contributed by atoms with van der Waals surface area (Å²) in [5.74, 6) is 1.71. The molecule has 0 saturated heterocycles. The van der Waals surface area contributed by atoms with E-state index >= 15 is 0 Å². The standard InChI is InChI=1S/C6H7N.C4HN3OS/c7-6-4-2-1-3-5-6;8-1-3-5-4(2-9)7-6-3/h1-5H,7H2;2H. The highest BCUT2D eigenvalue weighted by atomic mass is 32.1. The number of carbonyl (C=O) groups excluding carboxylic acids is 1. The maximum absolute atomic E-state index is 9.80. The van der Waals surface area contributed by atoms with E-state index in [-0.39, 0.29) is 11.7 Å². The van der Waals surface area contributed by atoms with E-state index in [1.807, 2.05) is 30.3 Å². The zero-order chi connectivity index (χ0) is 11.8. The van der Waals surface area contributed by atoms with Crippen molar-refractivity contribution in [1.82, 2.24) is 0 Å². The number of amidine groups is 1. The van der Waals surface area contributed by atoms with E-state index in [1.54, 1.807) is 0 Å². The lowest BCUT2D eigenvalue weighted by Gasteiger charge is -1.83. The number of hydrogen-bond donors (Lipinski definition) is 1. The second-order valence-corrected chi connectivity index (χ2v) is 2.86. The first-order chi connectivity index (χ1) is 7.76. The molecule has 0 spiro atoms. The SMILES string of the molecule is Nc1ccccc1.O=C=C1N=NC(C=S)=N1. The average Bonchev–Trinajstić information content (AvgIpc) is 2.79. The number of anilines is 1. The van der Waals surface area contributed by atoms with Crippen molar-refractivity contribution in [2.75, 3.05) is 5.73 Å². The Labute approximate surface area is 97.4 Å². The minimum absolute atomic E-state index is 0.0499. The fourth-order valence-corrected chi connectivity index (χ4v) is 0.898. The molecule has 0 radical (unpaired) electrons. The predicted octanol–water partition coefficient (Wildman–Crippen LogP) is 1.79. The molecule has 1 aliphatic heterocycles. The van der Waals surface area contributed by atoms with Crippen LogP contribution in [-0.2, 0) is 4.79 Å². The molecule has 0 fully saturated rings. The van der Waals surface area contributed by atoms with Gasteiger partial charge in [-0.05, 0) is 12.1 Å². The molecule has 1 aliphatic rings. The second-order valence-electron chi connectivity index (χ2n) is 2.62. The van der Waals surface area contributed by atoms with Gasteiger partial charge in [0.25, 0.3) is 5.82 Å². The van der Waals surface area contributed by atoms with E-state index < -0.39 is 0 Å². The summed E-state index contributed by atoms with van der Waals surface area (Å²) in [6, 6.07) is 9.49. The third-order valence-electron chi connectivity index (χ3n) is 1.46. The molecule has 0 saturated carbocycles. The molecular formula is C10H8N4OS. The first-order valence-corrected chi connectivity index (χ1v) is 4.74. The van der Waals surface area contributed by atoms with Crippen molar-refractivity contribution >= 4 is 35.0 Å². The highest BCUT2D eigenvalue weighted by molar-refractivity contribution is 7.80. The van der Waals surface area contributed by atoms with Gasteiger partial charge in [0.1, 0.15) is 0 Å². The Kier molecular flexibility index (Phi) is 4.72. The Morgan fingerprint density at radius 3 is 2.25 bits per heavy atom. The number of nitrogen functional groups attached to an aromatic ring is 1. The van der Waals surface area contributed by atoms with E-state index in [0.29, 0.717) is 0 Å². The maximum Gasteiger partial charge on any atom is 0.261 e. The van der Waals surface area contributed by atoms with Crippen LogP contribution in [0.5, 0.6) is 0 Å². The number of rotatable bonds is 1. The second kappa shape index (κ2) is 6.34. The minimum atomic E-state index is -0.0499. The number of thiocarbonyl (C=S) groups is 1. The van der Waals surface area contributed by atoms with Gasteiger partial charge in [-0.3, -0.25) is 0 Å². The smallest absolute Gasteiger partial charge is 0.261 e. The Morgan fingerprint density at radius 1 is 1.25 bits per heavy atom. The van der Waals surface area contributed by atoms with Gasteiger partial charge >= 0.3 is 0 Å². The number of benzene rings is 1. The topological polar surface area (TPSA) is 80.2 Å². The third kappa shape index (κ3) is 3.91. The fraction of sp³-hybridized carbons (Fsp3) is 0. The van der Waals surface area contributed by atoms with Crippen LogP contribution in [0.1, 0.15) is 0 Å². The van der Waals surface area contributed by atoms with Crippen molar-refractivity contribution in [2.45, 2.75) is 0 Å². The first kappa shape index (κ1) is 11.9. The molecule has 2 N–H and O–H groups in total. The molecule has 0 amide bonds. The molecule has 16 heavy (non-hydrogen) atoms. The third-order valence-corrected chi connectivity index (χ3v) is 1.67. The lowest BCUT2D eigenvalue weighted by atomic mass is 10.3. The van der Waals surface area contributed by atoms with Gasteiger partial charge < -0.3 is 5.73 Å². The number of para-hydroxylation sites is 1. The van der Waals surface area contributed by atoms with Crippen molar-refractivity contribution < 1.29 is 4.79 Å². The summed E-state index contributed by atoms with van der Waals surface area (Å²) in [5.41, 5.74) is 6.18. The van der Waals surface area contributed by atoms with Gasteiger partial charge in [0, 0.05) is 11.1 Å².